The minimum Gasteiger partial charge on any atom is -0.325 e. The standard InChI is InChI=1S/C19H22ClN3O2/c1-22-13-17(5-6-18(22)24)21-19(25)23-9-7-14(8-10-23)11-15-3-2-4-16(20)12-15/h2-6,12-14H,7-11H2,1H3,(H,21,25). The third-order valence-corrected chi connectivity index (χ3v) is 4.89. The lowest BCUT2D eigenvalue weighted by Crippen LogP contribution is -2.41. The van der Waals surface area contributed by atoms with Gasteiger partial charge in [-0.15, -0.1) is 0 Å². The van der Waals surface area contributed by atoms with E-state index in [2.05, 4.69) is 11.4 Å². The van der Waals surface area contributed by atoms with Gasteiger partial charge in [-0.1, -0.05) is 23.7 Å². The number of carbonyl (C=O) groups is 1. The topological polar surface area (TPSA) is 54.3 Å². The number of halogens is 1. The number of amides is 2. The normalized spacial score (nSPS) is 15.2. The molecule has 132 valence electrons. The number of hydrogen-bond donors (Lipinski definition) is 1. The van der Waals surface area contributed by atoms with E-state index in [9.17, 15) is 9.59 Å². The molecule has 0 aliphatic carbocycles. The highest BCUT2D eigenvalue weighted by atomic mass is 35.5. The molecular weight excluding hydrogens is 338 g/mol. The molecule has 1 aliphatic rings. The first-order chi connectivity index (χ1) is 12.0. The van der Waals surface area contributed by atoms with Crippen LogP contribution in [0.5, 0.6) is 0 Å². The molecule has 0 atom stereocenters. The molecule has 6 heteroatoms. The fourth-order valence-corrected chi connectivity index (χ4v) is 3.42. The zero-order valence-corrected chi connectivity index (χ0v) is 15.0. The predicted octanol–water partition coefficient (Wildman–Crippen LogP) is 3.53. The lowest BCUT2D eigenvalue weighted by Gasteiger charge is -2.32. The summed E-state index contributed by atoms with van der Waals surface area (Å²) < 4.78 is 1.45. The molecule has 2 aromatic rings. The second-order valence-electron chi connectivity index (χ2n) is 6.56. The fourth-order valence-electron chi connectivity index (χ4n) is 3.21. The summed E-state index contributed by atoms with van der Waals surface area (Å²) in [7, 11) is 1.67. The number of anilines is 1. The van der Waals surface area contributed by atoms with Crippen LogP contribution < -0.4 is 10.9 Å². The van der Waals surface area contributed by atoms with Crippen LogP contribution in [0.2, 0.25) is 5.02 Å². The first-order valence-corrected chi connectivity index (χ1v) is 8.86. The highest BCUT2D eigenvalue weighted by molar-refractivity contribution is 6.30. The SMILES string of the molecule is Cn1cc(NC(=O)N2CCC(Cc3cccc(Cl)c3)CC2)ccc1=O. The van der Waals surface area contributed by atoms with Crippen LogP contribution in [0.15, 0.2) is 47.4 Å². The monoisotopic (exact) mass is 359 g/mol. The maximum absolute atomic E-state index is 12.4. The first kappa shape index (κ1) is 17.5. The van der Waals surface area contributed by atoms with Crippen molar-refractivity contribution in [1.82, 2.24) is 9.47 Å². The number of benzene rings is 1. The van der Waals surface area contributed by atoms with Crippen molar-refractivity contribution >= 4 is 23.3 Å². The number of rotatable bonds is 3. The van der Waals surface area contributed by atoms with Crippen molar-refractivity contribution in [1.29, 1.82) is 0 Å². The highest BCUT2D eigenvalue weighted by Crippen LogP contribution is 2.23. The lowest BCUT2D eigenvalue weighted by molar-refractivity contribution is 0.182. The third kappa shape index (κ3) is 4.63. The second-order valence-corrected chi connectivity index (χ2v) is 7.00. The molecule has 3 rings (SSSR count). The molecule has 0 radical (unpaired) electrons. The number of pyridine rings is 1. The van der Waals surface area contributed by atoms with Gasteiger partial charge in [0.05, 0.1) is 5.69 Å². The van der Waals surface area contributed by atoms with E-state index >= 15 is 0 Å². The Hall–Kier alpha value is -2.27. The molecule has 0 bridgehead atoms. The van der Waals surface area contributed by atoms with Crippen LogP contribution in [-0.4, -0.2) is 28.6 Å². The van der Waals surface area contributed by atoms with Crippen molar-refractivity contribution in [3.63, 3.8) is 0 Å². The van der Waals surface area contributed by atoms with Gasteiger partial charge in [-0.2, -0.15) is 0 Å². The Kier molecular flexibility index (Phi) is 5.43. The van der Waals surface area contributed by atoms with Gasteiger partial charge in [0.15, 0.2) is 0 Å². The van der Waals surface area contributed by atoms with Crippen LogP contribution in [0.4, 0.5) is 10.5 Å². The quantitative estimate of drug-likeness (QED) is 0.911. The van der Waals surface area contributed by atoms with E-state index in [1.165, 1.54) is 16.2 Å². The largest absolute Gasteiger partial charge is 0.325 e. The number of carbonyl (C=O) groups excluding carboxylic acids is 1. The van der Waals surface area contributed by atoms with Gasteiger partial charge in [0.1, 0.15) is 0 Å². The van der Waals surface area contributed by atoms with E-state index < -0.39 is 0 Å². The molecule has 0 spiro atoms. The van der Waals surface area contributed by atoms with Gasteiger partial charge in [-0.25, -0.2) is 4.79 Å². The van der Waals surface area contributed by atoms with Gasteiger partial charge in [-0.05, 0) is 48.9 Å². The van der Waals surface area contributed by atoms with Crippen LogP contribution >= 0.6 is 11.6 Å². The third-order valence-electron chi connectivity index (χ3n) is 4.65. The number of likely N-dealkylation sites (tertiary alicyclic amines) is 1. The van der Waals surface area contributed by atoms with Crippen LogP contribution in [0.25, 0.3) is 0 Å². The van der Waals surface area contributed by atoms with Gasteiger partial charge < -0.3 is 14.8 Å². The number of hydrogen-bond acceptors (Lipinski definition) is 2. The fraction of sp³-hybridized carbons (Fsp3) is 0.368. The molecule has 0 saturated carbocycles. The van der Waals surface area contributed by atoms with Crippen LogP contribution in [-0.2, 0) is 13.5 Å². The van der Waals surface area contributed by atoms with Crippen LogP contribution in [0, 0.1) is 5.92 Å². The summed E-state index contributed by atoms with van der Waals surface area (Å²) in [4.78, 5) is 25.6. The number of urea groups is 1. The summed E-state index contributed by atoms with van der Waals surface area (Å²) in [6, 6.07) is 11.0. The van der Waals surface area contributed by atoms with E-state index in [-0.39, 0.29) is 11.6 Å². The maximum Gasteiger partial charge on any atom is 0.321 e. The second kappa shape index (κ2) is 7.74. The molecule has 2 heterocycles. The van der Waals surface area contributed by atoms with Crippen molar-refractivity contribution < 1.29 is 4.79 Å². The summed E-state index contributed by atoms with van der Waals surface area (Å²) in [6.45, 7) is 1.48. The van der Waals surface area contributed by atoms with Crippen molar-refractivity contribution in [2.45, 2.75) is 19.3 Å². The number of piperidine rings is 1. The minimum absolute atomic E-state index is 0.0974. The Morgan fingerprint density at radius 2 is 2.00 bits per heavy atom. The van der Waals surface area contributed by atoms with Crippen LogP contribution in [0.1, 0.15) is 18.4 Å². The molecule has 1 N–H and O–H groups in total. The number of nitrogens with one attached hydrogen (secondary N) is 1. The Morgan fingerprint density at radius 3 is 2.68 bits per heavy atom. The first-order valence-electron chi connectivity index (χ1n) is 8.48. The summed E-state index contributed by atoms with van der Waals surface area (Å²) in [5, 5.41) is 3.63. The lowest BCUT2D eigenvalue weighted by atomic mass is 9.90. The Labute approximate surface area is 152 Å². The summed E-state index contributed by atoms with van der Waals surface area (Å²) in [6.07, 6.45) is 4.59. The Bertz CT molecular complexity index is 810. The molecule has 5 nitrogen and oxygen atoms in total. The number of aryl methyl sites for hydroxylation is 1. The number of aromatic nitrogens is 1. The highest BCUT2D eigenvalue weighted by Gasteiger charge is 2.23. The van der Waals surface area contributed by atoms with Gasteiger partial charge >= 0.3 is 6.03 Å². The van der Waals surface area contributed by atoms with Crippen molar-refractivity contribution in [3.8, 4) is 0 Å². The predicted molar refractivity (Wildman–Crippen MR) is 100 cm³/mol. The molecule has 1 aliphatic heterocycles. The smallest absolute Gasteiger partial charge is 0.321 e. The molecular formula is C19H22ClN3O2. The van der Waals surface area contributed by atoms with Crippen molar-refractivity contribution in [2.75, 3.05) is 18.4 Å². The molecule has 1 aromatic carbocycles. The summed E-state index contributed by atoms with van der Waals surface area (Å²) in [5.41, 5.74) is 1.79. The molecule has 1 aromatic heterocycles. The average molecular weight is 360 g/mol. The van der Waals surface area contributed by atoms with Gasteiger partial charge in [0.2, 0.25) is 5.56 Å². The minimum atomic E-state index is -0.111. The summed E-state index contributed by atoms with van der Waals surface area (Å²) >= 11 is 6.04. The molecule has 1 fully saturated rings. The van der Waals surface area contributed by atoms with Gasteiger partial charge in [0, 0.05) is 37.4 Å². The van der Waals surface area contributed by atoms with E-state index in [1.807, 2.05) is 23.1 Å². The summed E-state index contributed by atoms with van der Waals surface area (Å²) in [5.74, 6) is 0.570. The number of nitrogens with zero attached hydrogens (tertiary/aromatic N) is 2. The molecule has 25 heavy (non-hydrogen) atoms. The molecule has 0 unspecified atom stereocenters. The Morgan fingerprint density at radius 1 is 1.24 bits per heavy atom. The average Bonchev–Trinajstić information content (AvgIpc) is 2.59. The van der Waals surface area contributed by atoms with Crippen LogP contribution in [0.3, 0.4) is 0 Å². The molecule has 1 saturated heterocycles. The molecule has 2 amide bonds. The van der Waals surface area contributed by atoms with Gasteiger partial charge in [-0.3, -0.25) is 4.79 Å². The van der Waals surface area contributed by atoms with E-state index in [0.717, 1.165) is 37.4 Å². The van der Waals surface area contributed by atoms with Gasteiger partial charge in [0.25, 0.3) is 0 Å². The van der Waals surface area contributed by atoms with Crippen molar-refractivity contribution in [3.05, 3.63) is 63.5 Å². The Balaban J connectivity index is 1.52. The zero-order valence-electron chi connectivity index (χ0n) is 14.2. The van der Waals surface area contributed by atoms with E-state index in [0.29, 0.717) is 11.6 Å². The van der Waals surface area contributed by atoms with E-state index in [1.54, 1.807) is 19.3 Å². The zero-order chi connectivity index (χ0) is 17.8. The maximum atomic E-state index is 12.4. The van der Waals surface area contributed by atoms with Crippen molar-refractivity contribution in [2.24, 2.45) is 13.0 Å². The van der Waals surface area contributed by atoms with E-state index in [4.69, 9.17) is 11.6 Å².